The Morgan fingerprint density at radius 2 is 2.00 bits per heavy atom. The molecule has 1 N–H and O–H groups in total. The molecule has 2 saturated heterocycles. The van der Waals surface area contributed by atoms with E-state index in [9.17, 15) is 13.6 Å². The number of anilines is 3. The molecule has 3 unspecified atom stereocenters. The van der Waals surface area contributed by atoms with E-state index in [-0.39, 0.29) is 24.4 Å². The van der Waals surface area contributed by atoms with Crippen molar-refractivity contribution in [2.24, 2.45) is 13.0 Å². The number of nitrogens with one attached hydrogen (secondary N) is 1. The summed E-state index contributed by atoms with van der Waals surface area (Å²) in [7, 11) is 1.83. The maximum atomic E-state index is 13.4. The highest BCUT2D eigenvalue weighted by atomic mass is 19.3. The molecule has 8 nitrogen and oxygen atoms in total. The SMILES string of the molecule is Cn1cc(Nc2nccc(N3CC4CCC(C3)N4C(=O)C3CC3(F)F)n2)cn1. The van der Waals surface area contributed by atoms with Gasteiger partial charge in [-0.1, -0.05) is 0 Å². The number of hydrogen-bond acceptors (Lipinski definition) is 6. The van der Waals surface area contributed by atoms with Crippen molar-refractivity contribution < 1.29 is 13.6 Å². The van der Waals surface area contributed by atoms with Crippen LogP contribution in [0.3, 0.4) is 0 Å². The number of nitrogens with zero attached hydrogens (tertiary/aromatic N) is 6. The number of aromatic nitrogens is 4. The number of hydrogen-bond donors (Lipinski definition) is 1. The number of carbonyl (C=O) groups excluding carboxylic acids is 1. The standard InChI is InChI=1S/C18H21F2N7O/c1-25-8-11(7-22-25)23-17-21-5-4-15(24-17)26-9-12-2-3-13(10-26)27(12)16(28)14-6-18(14,19)20/h4-5,7-8,12-14H,2-3,6,9-10H2,1H3,(H,21,23,24). The van der Waals surface area contributed by atoms with Crippen LogP contribution in [0.1, 0.15) is 19.3 Å². The molecule has 4 heterocycles. The molecule has 3 atom stereocenters. The van der Waals surface area contributed by atoms with E-state index in [1.54, 1.807) is 22.0 Å². The van der Waals surface area contributed by atoms with Gasteiger partial charge in [-0.3, -0.25) is 9.48 Å². The number of alkyl halides is 2. The summed E-state index contributed by atoms with van der Waals surface area (Å²) in [5.41, 5.74) is 0.792. The zero-order chi connectivity index (χ0) is 19.5. The summed E-state index contributed by atoms with van der Waals surface area (Å²) >= 11 is 0. The normalized spacial score (nSPS) is 27.8. The highest BCUT2D eigenvalue weighted by Crippen LogP contribution is 2.51. The lowest BCUT2D eigenvalue weighted by Gasteiger charge is -2.41. The lowest BCUT2D eigenvalue weighted by molar-refractivity contribution is -0.138. The molecule has 2 bridgehead atoms. The van der Waals surface area contributed by atoms with Gasteiger partial charge >= 0.3 is 0 Å². The second-order valence-corrected chi connectivity index (χ2v) is 7.82. The molecule has 1 amide bonds. The largest absolute Gasteiger partial charge is 0.352 e. The molecule has 0 aromatic carbocycles. The summed E-state index contributed by atoms with van der Waals surface area (Å²) in [6.07, 6.45) is 6.59. The summed E-state index contributed by atoms with van der Waals surface area (Å²) in [6, 6.07) is 1.76. The van der Waals surface area contributed by atoms with E-state index < -0.39 is 11.8 Å². The first-order valence-electron chi connectivity index (χ1n) is 9.44. The van der Waals surface area contributed by atoms with Crippen LogP contribution >= 0.6 is 0 Å². The fourth-order valence-corrected chi connectivity index (χ4v) is 4.31. The van der Waals surface area contributed by atoms with E-state index in [1.807, 2.05) is 19.3 Å². The van der Waals surface area contributed by atoms with Crippen molar-refractivity contribution in [1.29, 1.82) is 0 Å². The van der Waals surface area contributed by atoms with Crippen molar-refractivity contribution in [2.45, 2.75) is 37.3 Å². The van der Waals surface area contributed by atoms with Crippen molar-refractivity contribution in [1.82, 2.24) is 24.6 Å². The van der Waals surface area contributed by atoms with Crippen LogP contribution < -0.4 is 10.2 Å². The Bertz CT molecular complexity index is 903. The highest BCUT2D eigenvalue weighted by Gasteiger charge is 2.64. The van der Waals surface area contributed by atoms with Crippen LogP contribution in [0.4, 0.5) is 26.2 Å². The van der Waals surface area contributed by atoms with Gasteiger partial charge < -0.3 is 15.1 Å². The first kappa shape index (κ1) is 17.3. The molecule has 5 rings (SSSR count). The fourth-order valence-electron chi connectivity index (χ4n) is 4.31. The average Bonchev–Trinajstić information content (AvgIpc) is 2.96. The van der Waals surface area contributed by atoms with Gasteiger partial charge in [0.05, 0.1) is 11.9 Å². The molecule has 0 radical (unpaired) electrons. The van der Waals surface area contributed by atoms with Crippen LogP contribution in [0.5, 0.6) is 0 Å². The van der Waals surface area contributed by atoms with Gasteiger partial charge in [0, 0.05) is 51.0 Å². The first-order valence-corrected chi connectivity index (χ1v) is 9.44. The third-order valence-electron chi connectivity index (χ3n) is 5.79. The highest BCUT2D eigenvalue weighted by molar-refractivity contribution is 5.84. The molecule has 28 heavy (non-hydrogen) atoms. The molecule has 3 fully saturated rings. The fraction of sp³-hybridized carbons (Fsp3) is 0.556. The minimum Gasteiger partial charge on any atom is -0.352 e. The molecule has 3 aliphatic rings. The number of carbonyl (C=O) groups is 1. The number of fused-ring (bicyclic) bond motifs is 2. The maximum absolute atomic E-state index is 13.4. The van der Waals surface area contributed by atoms with Gasteiger partial charge in [0.25, 0.3) is 5.92 Å². The monoisotopic (exact) mass is 389 g/mol. The van der Waals surface area contributed by atoms with E-state index in [0.29, 0.717) is 19.0 Å². The third-order valence-corrected chi connectivity index (χ3v) is 5.79. The Morgan fingerprint density at radius 3 is 2.61 bits per heavy atom. The minimum absolute atomic E-state index is 0.0349. The van der Waals surface area contributed by atoms with Crippen LogP contribution in [0.15, 0.2) is 24.7 Å². The average molecular weight is 389 g/mol. The van der Waals surface area contributed by atoms with Gasteiger partial charge in [0.1, 0.15) is 11.7 Å². The molecule has 1 saturated carbocycles. The minimum atomic E-state index is -2.81. The molecule has 0 spiro atoms. The zero-order valence-electron chi connectivity index (χ0n) is 15.4. The van der Waals surface area contributed by atoms with Crippen LogP contribution in [0, 0.1) is 5.92 Å². The second-order valence-electron chi connectivity index (χ2n) is 7.82. The predicted molar refractivity (Wildman–Crippen MR) is 97.4 cm³/mol. The van der Waals surface area contributed by atoms with E-state index in [1.165, 1.54) is 0 Å². The molecule has 10 heteroatoms. The van der Waals surface area contributed by atoms with Crippen molar-refractivity contribution in [2.75, 3.05) is 23.3 Å². The molecule has 2 aliphatic heterocycles. The van der Waals surface area contributed by atoms with Crippen molar-refractivity contribution >= 4 is 23.4 Å². The topological polar surface area (TPSA) is 79.2 Å². The Labute approximate surface area is 160 Å². The summed E-state index contributed by atoms with van der Waals surface area (Å²) in [6.45, 7) is 1.20. The van der Waals surface area contributed by atoms with Gasteiger partial charge in [0.15, 0.2) is 0 Å². The number of aryl methyl sites for hydroxylation is 1. The third kappa shape index (κ3) is 2.96. The van der Waals surface area contributed by atoms with E-state index in [2.05, 4.69) is 25.3 Å². The number of piperazine rings is 1. The molecule has 148 valence electrons. The summed E-state index contributed by atoms with van der Waals surface area (Å²) in [5.74, 6) is -3.07. The van der Waals surface area contributed by atoms with E-state index in [0.717, 1.165) is 24.3 Å². The number of rotatable bonds is 4. The number of halogens is 2. The zero-order valence-corrected chi connectivity index (χ0v) is 15.4. The Hall–Kier alpha value is -2.78. The summed E-state index contributed by atoms with van der Waals surface area (Å²) in [4.78, 5) is 25.2. The lowest BCUT2D eigenvalue weighted by Crippen LogP contribution is -2.56. The summed E-state index contributed by atoms with van der Waals surface area (Å²) in [5, 5.41) is 7.23. The van der Waals surface area contributed by atoms with Crippen LogP contribution in [0.25, 0.3) is 0 Å². The first-order chi connectivity index (χ1) is 13.4. The van der Waals surface area contributed by atoms with Crippen molar-refractivity contribution in [3.05, 3.63) is 24.7 Å². The lowest BCUT2D eigenvalue weighted by atomic mass is 10.1. The maximum Gasteiger partial charge on any atom is 0.260 e. The molecular formula is C18H21F2N7O. The van der Waals surface area contributed by atoms with Crippen LogP contribution in [-0.2, 0) is 11.8 Å². The van der Waals surface area contributed by atoms with Gasteiger partial charge in [0.2, 0.25) is 11.9 Å². The van der Waals surface area contributed by atoms with Gasteiger partial charge in [-0.2, -0.15) is 10.1 Å². The summed E-state index contributed by atoms with van der Waals surface area (Å²) < 4.78 is 28.4. The Balaban J connectivity index is 1.30. The van der Waals surface area contributed by atoms with Crippen LogP contribution in [0.2, 0.25) is 0 Å². The smallest absolute Gasteiger partial charge is 0.260 e. The number of amides is 1. The molecule has 2 aromatic heterocycles. The predicted octanol–water partition coefficient (Wildman–Crippen LogP) is 1.79. The van der Waals surface area contributed by atoms with Crippen molar-refractivity contribution in [3.63, 3.8) is 0 Å². The van der Waals surface area contributed by atoms with Gasteiger partial charge in [-0.25, -0.2) is 13.8 Å². The van der Waals surface area contributed by atoms with E-state index in [4.69, 9.17) is 0 Å². The Morgan fingerprint density at radius 1 is 1.29 bits per heavy atom. The second kappa shape index (κ2) is 6.11. The molecule has 2 aromatic rings. The molecule has 1 aliphatic carbocycles. The van der Waals surface area contributed by atoms with Crippen LogP contribution in [-0.4, -0.2) is 61.7 Å². The molecular weight excluding hydrogens is 368 g/mol. The quantitative estimate of drug-likeness (QED) is 0.859. The van der Waals surface area contributed by atoms with Gasteiger partial charge in [-0.05, 0) is 18.9 Å². The van der Waals surface area contributed by atoms with E-state index >= 15 is 0 Å². The van der Waals surface area contributed by atoms with Crippen molar-refractivity contribution in [3.8, 4) is 0 Å². The Kier molecular flexibility index (Phi) is 3.78. The van der Waals surface area contributed by atoms with Gasteiger partial charge in [-0.15, -0.1) is 0 Å².